The summed E-state index contributed by atoms with van der Waals surface area (Å²) in [5, 5.41) is 8.90. The van der Waals surface area contributed by atoms with E-state index in [2.05, 4.69) is 0 Å². The molecule has 1 aromatic carbocycles. The van der Waals surface area contributed by atoms with E-state index in [1.165, 1.54) is 35.7 Å². The van der Waals surface area contributed by atoms with Crippen molar-refractivity contribution in [3.05, 3.63) is 35.1 Å². The van der Waals surface area contributed by atoms with Crippen molar-refractivity contribution in [3.63, 3.8) is 0 Å². The lowest BCUT2D eigenvalue weighted by molar-refractivity contribution is 0.205. The van der Waals surface area contributed by atoms with Crippen LogP contribution in [0.3, 0.4) is 0 Å². The van der Waals surface area contributed by atoms with Crippen LogP contribution in [-0.4, -0.2) is 25.8 Å². The molecule has 0 aromatic heterocycles. The summed E-state index contributed by atoms with van der Waals surface area (Å²) in [4.78, 5) is 0. The molecule has 1 heterocycles. The maximum atomic E-state index is 13.9. The molecule has 0 unspecified atom stereocenters. The number of nitrogens with zero attached hydrogens (tertiary/aromatic N) is 2. The van der Waals surface area contributed by atoms with Crippen LogP contribution in [0, 0.1) is 22.6 Å². The normalized spacial score (nSPS) is 21.4. The Morgan fingerprint density at radius 1 is 1.22 bits per heavy atom. The second-order valence-corrected chi connectivity index (χ2v) is 8.79. The lowest BCUT2D eigenvalue weighted by Gasteiger charge is -2.33. The van der Waals surface area contributed by atoms with Crippen LogP contribution in [-0.2, 0) is 15.8 Å². The predicted molar refractivity (Wildman–Crippen MR) is 85.4 cm³/mol. The Balaban J connectivity index is 1.77. The van der Waals surface area contributed by atoms with E-state index >= 15 is 0 Å². The van der Waals surface area contributed by atoms with E-state index in [-0.39, 0.29) is 22.3 Å². The molecule has 3 rings (SSSR count). The topological polar surface area (TPSA) is 61.2 Å². The molecule has 4 nitrogen and oxygen atoms in total. The molecule has 1 aliphatic carbocycles. The van der Waals surface area contributed by atoms with Gasteiger partial charge >= 0.3 is 0 Å². The first-order chi connectivity index (χ1) is 10.9. The van der Waals surface area contributed by atoms with Gasteiger partial charge in [0, 0.05) is 18.7 Å². The maximum Gasteiger partial charge on any atom is 0.218 e. The number of hydrogen-bond acceptors (Lipinski definition) is 3. The Morgan fingerprint density at radius 3 is 2.65 bits per heavy atom. The van der Waals surface area contributed by atoms with Crippen molar-refractivity contribution in [2.24, 2.45) is 5.41 Å². The van der Waals surface area contributed by atoms with E-state index < -0.39 is 15.8 Å². The lowest BCUT2D eigenvalue weighted by atomic mass is 9.74. The van der Waals surface area contributed by atoms with Gasteiger partial charge < -0.3 is 0 Å². The van der Waals surface area contributed by atoms with Gasteiger partial charge in [0.05, 0.1) is 17.4 Å². The molecule has 1 saturated carbocycles. The second-order valence-electron chi connectivity index (χ2n) is 6.82. The number of halogens is 1. The summed E-state index contributed by atoms with van der Waals surface area (Å²) in [6, 6.07) is 5.78. The molecular formula is C17H21FN2O2S. The van der Waals surface area contributed by atoms with Crippen LogP contribution in [0.15, 0.2) is 18.2 Å². The van der Waals surface area contributed by atoms with Crippen LogP contribution in [0.1, 0.15) is 49.7 Å². The Hall–Kier alpha value is -1.45. The minimum Gasteiger partial charge on any atom is -0.212 e. The summed E-state index contributed by atoms with van der Waals surface area (Å²) in [6.07, 6.45) is 6.68. The zero-order valence-electron chi connectivity index (χ0n) is 13.1. The summed E-state index contributed by atoms with van der Waals surface area (Å²) >= 11 is 0. The minimum absolute atomic E-state index is 0.0774. The number of sulfonamides is 1. The molecule has 124 valence electrons. The molecule has 6 heteroatoms. The summed E-state index contributed by atoms with van der Waals surface area (Å²) < 4.78 is 40.7. The van der Waals surface area contributed by atoms with Gasteiger partial charge in [-0.2, -0.15) is 5.26 Å². The number of hydrogen-bond donors (Lipinski definition) is 0. The molecule has 0 atom stereocenters. The second kappa shape index (κ2) is 6.21. The van der Waals surface area contributed by atoms with Crippen molar-refractivity contribution in [2.45, 2.75) is 44.3 Å². The van der Waals surface area contributed by atoms with Crippen LogP contribution in [0.4, 0.5) is 4.39 Å². The number of nitriles is 1. The van der Waals surface area contributed by atoms with Gasteiger partial charge in [-0.05, 0) is 42.9 Å². The van der Waals surface area contributed by atoms with Gasteiger partial charge in [-0.15, -0.1) is 0 Å². The van der Waals surface area contributed by atoms with Crippen molar-refractivity contribution < 1.29 is 12.8 Å². The van der Waals surface area contributed by atoms with E-state index in [9.17, 15) is 12.8 Å². The van der Waals surface area contributed by atoms with Gasteiger partial charge in [-0.1, -0.05) is 19.3 Å². The highest BCUT2D eigenvalue weighted by Gasteiger charge is 2.42. The number of benzene rings is 1. The van der Waals surface area contributed by atoms with Gasteiger partial charge in [-0.3, -0.25) is 0 Å². The fraction of sp³-hybridized carbons (Fsp3) is 0.588. The predicted octanol–water partition coefficient (Wildman–Crippen LogP) is 3.18. The van der Waals surface area contributed by atoms with Crippen LogP contribution >= 0.6 is 0 Å². The molecule has 1 saturated heterocycles. The van der Waals surface area contributed by atoms with Crippen LogP contribution < -0.4 is 0 Å². The molecule has 0 radical (unpaired) electrons. The van der Waals surface area contributed by atoms with E-state index in [0.29, 0.717) is 13.1 Å². The van der Waals surface area contributed by atoms with E-state index in [4.69, 9.17) is 5.26 Å². The highest BCUT2D eigenvalue weighted by Crippen LogP contribution is 2.44. The van der Waals surface area contributed by atoms with E-state index in [1.54, 1.807) is 0 Å². The third kappa shape index (κ3) is 3.41. The molecule has 1 aromatic rings. The third-order valence-electron chi connectivity index (χ3n) is 5.22. The highest BCUT2D eigenvalue weighted by molar-refractivity contribution is 7.88. The van der Waals surface area contributed by atoms with Gasteiger partial charge in [0.1, 0.15) is 5.82 Å². The minimum atomic E-state index is -3.55. The monoisotopic (exact) mass is 336 g/mol. The summed E-state index contributed by atoms with van der Waals surface area (Å²) in [7, 11) is -3.55. The summed E-state index contributed by atoms with van der Waals surface area (Å²) in [6.45, 7) is 1.09. The largest absolute Gasteiger partial charge is 0.218 e. The van der Waals surface area contributed by atoms with Crippen molar-refractivity contribution in [2.75, 3.05) is 13.1 Å². The van der Waals surface area contributed by atoms with Crippen molar-refractivity contribution in [3.8, 4) is 6.07 Å². The van der Waals surface area contributed by atoms with Crippen molar-refractivity contribution in [1.29, 1.82) is 5.26 Å². The third-order valence-corrected chi connectivity index (χ3v) is 7.00. The van der Waals surface area contributed by atoms with E-state index in [0.717, 1.165) is 25.3 Å². The average molecular weight is 336 g/mol. The smallest absolute Gasteiger partial charge is 0.212 e. The molecular weight excluding hydrogens is 315 g/mol. The van der Waals surface area contributed by atoms with Gasteiger partial charge in [-0.25, -0.2) is 17.1 Å². The quantitative estimate of drug-likeness (QED) is 0.852. The lowest BCUT2D eigenvalue weighted by Crippen LogP contribution is -2.34. The molecule has 0 bridgehead atoms. The van der Waals surface area contributed by atoms with Crippen LogP contribution in [0.2, 0.25) is 0 Å². The first-order valence-electron chi connectivity index (χ1n) is 8.11. The fourth-order valence-corrected chi connectivity index (χ4v) is 5.52. The zero-order valence-corrected chi connectivity index (χ0v) is 13.9. The Bertz CT molecular complexity index is 733. The molecule has 2 aliphatic rings. The Kier molecular flexibility index (Phi) is 4.43. The molecule has 1 spiro atoms. The van der Waals surface area contributed by atoms with Crippen LogP contribution in [0.5, 0.6) is 0 Å². The van der Waals surface area contributed by atoms with Crippen LogP contribution in [0.25, 0.3) is 0 Å². The number of rotatable bonds is 3. The molecule has 1 aliphatic heterocycles. The Labute approximate surface area is 137 Å². The molecule has 0 amide bonds. The molecule has 0 N–H and O–H groups in total. The van der Waals surface area contributed by atoms with Crippen molar-refractivity contribution >= 4 is 10.0 Å². The summed E-state index contributed by atoms with van der Waals surface area (Å²) in [5.41, 5.74) is 0.494. The maximum absolute atomic E-state index is 13.9. The SMILES string of the molecule is N#Cc1ccc(F)c(CS(=O)(=O)N2CCC3(CCCCC3)C2)c1. The van der Waals surface area contributed by atoms with Gasteiger partial charge in [0.25, 0.3) is 0 Å². The van der Waals surface area contributed by atoms with Crippen molar-refractivity contribution in [1.82, 2.24) is 4.31 Å². The fourth-order valence-electron chi connectivity index (χ4n) is 3.88. The highest BCUT2D eigenvalue weighted by atomic mass is 32.2. The average Bonchev–Trinajstić information content (AvgIpc) is 2.94. The zero-order chi connectivity index (χ0) is 16.5. The van der Waals surface area contributed by atoms with Gasteiger partial charge in [0.2, 0.25) is 10.0 Å². The standard InChI is InChI=1S/C17H21FN2O2S/c18-16-5-4-14(11-19)10-15(16)12-23(21,22)20-9-8-17(13-20)6-2-1-3-7-17/h4-5,10H,1-3,6-9,12-13H2. The van der Waals surface area contributed by atoms with Gasteiger partial charge in [0.15, 0.2) is 0 Å². The Morgan fingerprint density at radius 2 is 1.96 bits per heavy atom. The van der Waals surface area contributed by atoms with E-state index in [1.807, 2.05) is 6.07 Å². The first kappa shape index (κ1) is 16.4. The first-order valence-corrected chi connectivity index (χ1v) is 9.71. The molecule has 2 fully saturated rings. The summed E-state index contributed by atoms with van der Waals surface area (Å²) in [5.74, 6) is -0.941. The molecule has 23 heavy (non-hydrogen) atoms.